The zero-order valence-corrected chi connectivity index (χ0v) is 54.0. The minimum absolute atomic E-state index is 0.000708. The molecule has 498 valence electrons. The normalized spacial score (nSPS) is 11.3. The van der Waals surface area contributed by atoms with Crippen LogP contribution in [0.2, 0.25) is 0 Å². The van der Waals surface area contributed by atoms with E-state index in [1.54, 1.807) is 31.4 Å². The van der Waals surface area contributed by atoms with Crippen molar-refractivity contribution in [2.45, 2.75) is 79.4 Å². The van der Waals surface area contributed by atoms with Gasteiger partial charge < -0.3 is 77.3 Å². The zero-order chi connectivity index (χ0) is 67.8. The number of aromatic nitrogens is 4. The average molecular weight is 1290 g/mol. The Morgan fingerprint density at radius 3 is 2.22 bits per heavy atom. The molecule has 94 heavy (non-hydrogen) atoms. The third-order valence-corrected chi connectivity index (χ3v) is 15.2. The van der Waals surface area contributed by atoms with Crippen LogP contribution in [0.15, 0.2) is 112 Å². The first-order valence-corrected chi connectivity index (χ1v) is 31.2. The standard InChI is InChI=1S/C50H54N12O9.C17H29N3O3/c1-5-61(6-2)32-14-17-35-39(24-32)71-40-25-33(62(7-3)8-4)15-18-36(40)42(35)34-16-13-30(23-37(34)47(66)67)57-50(70)53-22-21-52-41(63)20-19-38(48(68)69)58-45(64)28-9-11-29(12-10-28)54-26-31-27-55-44-43(56-31)46(65)60-49(51)59-44;1-4-19-17(21)6-5-11-23-15-8-7-14(16(12-15)22-3)13-20(2)10-9-18/h9-18,23-25,27,38H,5-8,19-22,26H2,1-4H3,(H9,51,52,53,54,55,58,59,60,63,64,65,66,67,68,69,70);7-8,12H,4-6,9-11,13,18H2,1-3H3,(H,19,21)/p+1/t38-;/m0./s1. The van der Waals surface area contributed by atoms with Crippen molar-refractivity contribution >= 4 is 80.8 Å². The Morgan fingerprint density at radius 1 is 0.809 bits per heavy atom. The number of anilines is 4. The average Bonchev–Trinajstić information content (AvgIpc) is 0.747. The van der Waals surface area contributed by atoms with Crippen LogP contribution in [0.25, 0.3) is 44.6 Å². The molecule has 6 aromatic rings. The number of ether oxygens (including phenoxy) is 2. The predicted octanol–water partition coefficient (Wildman–Crippen LogP) is 6.06. The molecule has 1 atom stereocenters. The number of urea groups is 1. The number of aromatic carboxylic acids is 1. The number of likely N-dealkylation sites (N-methyl/N-ethyl adjacent to an activating group) is 1. The highest BCUT2D eigenvalue weighted by Gasteiger charge is 2.25. The fourth-order valence-electron chi connectivity index (χ4n) is 10.4. The smallest absolute Gasteiger partial charge is 0.336 e. The predicted molar refractivity (Wildman–Crippen MR) is 361 cm³/mol. The number of hydrogen-bond donors (Lipinski definition) is 11. The van der Waals surface area contributed by atoms with E-state index in [9.17, 15) is 43.8 Å². The quantitative estimate of drug-likeness (QED) is 0.0133. The number of hydrogen-bond acceptors (Lipinski definition) is 18. The van der Waals surface area contributed by atoms with Gasteiger partial charge in [-0.1, -0.05) is 12.1 Å². The van der Waals surface area contributed by atoms with E-state index in [0.717, 1.165) is 78.3 Å². The lowest BCUT2D eigenvalue weighted by Gasteiger charge is -2.22. The van der Waals surface area contributed by atoms with Crippen molar-refractivity contribution in [2.24, 2.45) is 5.73 Å². The Morgan fingerprint density at radius 2 is 1.53 bits per heavy atom. The fraction of sp³-hybridized carbons (Fsp3) is 0.358. The summed E-state index contributed by atoms with van der Waals surface area (Å²) in [4.78, 5) is 106. The molecule has 2 aromatic heterocycles. The van der Waals surface area contributed by atoms with Crippen LogP contribution < -0.4 is 73.2 Å². The molecule has 8 rings (SSSR count). The summed E-state index contributed by atoms with van der Waals surface area (Å²) < 4.78 is 19.9. The maximum absolute atomic E-state index is 13.0. The maximum atomic E-state index is 13.0. The molecular weight excluding hydrogens is 1210 g/mol. The number of amides is 5. The van der Waals surface area contributed by atoms with E-state index < -0.39 is 41.4 Å². The first-order valence-electron chi connectivity index (χ1n) is 31.2. The number of methoxy groups -OCH3 is 1. The molecule has 1 aliphatic heterocycles. The lowest BCUT2D eigenvalue weighted by molar-refractivity contribution is -0.139. The molecule has 0 spiro atoms. The number of carbonyl (C=O) groups excluding carboxylic acids is 4. The van der Waals surface area contributed by atoms with Crippen molar-refractivity contribution in [1.82, 2.24) is 50.7 Å². The van der Waals surface area contributed by atoms with Gasteiger partial charge in [0.25, 0.3) is 11.5 Å². The van der Waals surface area contributed by atoms with Crippen LogP contribution in [0.5, 0.6) is 11.5 Å². The molecule has 0 fully saturated rings. The largest absolute Gasteiger partial charge is 0.496 e. The number of H-pyrrole nitrogens is 1. The van der Waals surface area contributed by atoms with Gasteiger partial charge in [0.2, 0.25) is 23.1 Å². The van der Waals surface area contributed by atoms with Crippen molar-refractivity contribution in [3.05, 3.63) is 141 Å². The highest BCUT2D eigenvalue weighted by atomic mass is 16.5. The number of fused-ring (bicyclic) bond motifs is 3. The Hall–Kier alpha value is -10.7. The van der Waals surface area contributed by atoms with E-state index in [0.29, 0.717) is 66.4 Å². The van der Waals surface area contributed by atoms with E-state index >= 15 is 0 Å². The molecule has 0 radical (unpaired) electrons. The Bertz CT molecular complexity index is 4050. The summed E-state index contributed by atoms with van der Waals surface area (Å²) >= 11 is 0. The van der Waals surface area contributed by atoms with Crippen LogP contribution in [0.4, 0.5) is 27.8 Å². The third kappa shape index (κ3) is 19.4. The van der Waals surface area contributed by atoms with Crippen LogP contribution in [-0.4, -0.2) is 156 Å². The molecule has 13 N–H and O–H groups in total. The number of carboxylic acid groups (broad SMARTS) is 2. The summed E-state index contributed by atoms with van der Waals surface area (Å²) in [7, 11) is 3.68. The first-order chi connectivity index (χ1) is 45.3. The number of aromatic amines is 1. The minimum atomic E-state index is -1.37. The van der Waals surface area contributed by atoms with Gasteiger partial charge >= 0.3 is 18.0 Å². The van der Waals surface area contributed by atoms with E-state index in [2.05, 4.69) is 93.9 Å². The van der Waals surface area contributed by atoms with Crippen molar-refractivity contribution in [3.8, 4) is 33.9 Å². The second-order valence-electron chi connectivity index (χ2n) is 21.7. The number of benzene rings is 5. The van der Waals surface area contributed by atoms with Gasteiger partial charge in [-0.05, 0) is 121 Å². The summed E-state index contributed by atoms with van der Waals surface area (Å²) in [6.07, 6.45) is 2.17. The second kappa shape index (κ2) is 34.7. The lowest BCUT2D eigenvalue weighted by Crippen LogP contribution is -2.42. The van der Waals surface area contributed by atoms with Crippen molar-refractivity contribution in [3.63, 3.8) is 0 Å². The van der Waals surface area contributed by atoms with E-state index in [4.69, 9.17) is 25.4 Å². The number of carboxylic acids is 2. The fourth-order valence-corrected chi connectivity index (χ4v) is 10.4. The van der Waals surface area contributed by atoms with Crippen LogP contribution >= 0.6 is 0 Å². The summed E-state index contributed by atoms with van der Waals surface area (Å²) in [5.41, 5.74) is 16.7. The SMILES string of the molecule is CCN(CC)c1ccc2c(-c3ccc(NC(=O)NCCNC(=O)CC[C@H](NC(=O)c4ccc(NCc5cnc6nc(N)[nH]c(=O)c6n5)cc4)C(=O)O)cc3C(=O)O)c3ccc(=[N+](CC)CC)cc-3oc2c1.CCNC(=O)CCCOc1ccc(CN(C)CCN)c(OC)c1. The van der Waals surface area contributed by atoms with Gasteiger partial charge in [-0.15, -0.1) is 0 Å². The highest BCUT2D eigenvalue weighted by molar-refractivity contribution is 6.09. The maximum Gasteiger partial charge on any atom is 0.336 e. The van der Waals surface area contributed by atoms with Gasteiger partial charge in [0.05, 0.1) is 43.8 Å². The van der Waals surface area contributed by atoms with Crippen LogP contribution in [0.3, 0.4) is 0 Å². The number of nitrogens with one attached hydrogen (secondary N) is 7. The number of aliphatic carboxylic acids is 1. The van der Waals surface area contributed by atoms with Gasteiger partial charge in [0, 0.05) is 128 Å². The zero-order valence-electron chi connectivity index (χ0n) is 54.0. The highest BCUT2D eigenvalue weighted by Crippen LogP contribution is 2.43. The first kappa shape index (κ1) is 70.8. The summed E-state index contributed by atoms with van der Waals surface area (Å²) in [5, 5.41) is 38.3. The molecule has 4 aromatic carbocycles. The Balaban J connectivity index is 0.000000459. The number of nitrogen functional groups attached to an aromatic ring is 1. The summed E-state index contributed by atoms with van der Waals surface area (Å²) in [6.45, 7) is 17.0. The molecule has 27 nitrogen and oxygen atoms in total. The molecule has 1 aliphatic carbocycles. The summed E-state index contributed by atoms with van der Waals surface area (Å²) in [6, 6.07) is 26.5. The molecule has 2 aliphatic rings. The lowest BCUT2D eigenvalue weighted by atomic mass is 9.90. The van der Waals surface area contributed by atoms with Crippen LogP contribution in [0, 0.1) is 0 Å². The van der Waals surface area contributed by atoms with Crippen molar-refractivity contribution in [2.75, 3.05) is 101 Å². The van der Waals surface area contributed by atoms with Gasteiger partial charge in [-0.25, -0.2) is 28.9 Å². The molecule has 27 heteroatoms. The Kier molecular flexibility index (Phi) is 26.1. The molecule has 5 amide bonds. The van der Waals surface area contributed by atoms with Crippen molar-refractivity contribution in [1.29, 1.82) is 0 Å². The molecule has 0 saturated carbocycles. The second-order valence-corrected chi connectivity index (χ2v) is 21.7. The summed E-state index contributed by atoms with van der Waals surface area (Å²) in [5.74, 6) is -1.56. The molecule has 0 bridgehead atoms. The van der Waals surface area contributed by atoms with Gasteiger partial charge in [0.15, 0.2) is 11.2 Å². The van der Waals surface area contributed by atoms with Crippen LogP contribution in [-0.2, 0) is 27.5 Å². The van der Waals surface area contributed by atoms with E-state index in [1.165, 1.54) is 24.4 Å². The van der Waals surface area contributed by atoms with Gasteiger partial charge in [0.1, 0.15) is 42.0 Å². The van der Waals surface area contributed by atoms with Gasteiger partial charge in [-0.2, -0.15) is 4.98 Å². The number of rotatable bonds is 31. The third-order valence-electron chi connectivity index (χ3n) is 15.2. The van der Waals surface area contributed by atoms with Gasteiger partial charge in [-0.3, -0.25) is 24.2 Å². The van der Waals surface area contributed by atoms with E-state index in [1.807, 2.05) is 68.6 Å². The van der Waals surface area contributed by atoms with E-state index in [-0.39, 0.29) is 72.3 Å². The number of nitrogens with two attached hydrogens (primary N) is 2. The number of carbonyl (C=O) groups is 6. The topological polar surface area (TPSA) is 380 Å². The molecular formula is C67H84N15O12+. The Labute approximate surface area is 543 Å². The monoisotopic (exact) mass is 1290 g/mol. The molecule has 0 unspecified atom stereocenters. The minimum Gasteiger partial charge on any atom is -0.496 e. The number of nitrogens with zero attached hydrogens (tertiary/aromatic N) is 6. The van der Waals surface area contributed by atoms with Crippen LogP contribution in [0.1, 0.15) is 92.3 Å². The van der Waals surface area contributed by atoms with Crippen molar-refractivity contribution < 1.29 is 52.9 Å². The molecule has 3 heterocycles. The molecule has 0 saturated heterocycles.